The molecule has 27 heavy (non-hydrogen) atoms. The first-order chi connectivity index (χ1) is 12.9. The van der Waals surface area contributed by atoms with Crippen molar-refractivity contribution in [1.82, 2.24) is 4.90 Å². The van der Waals surface area contributed by atoms with Crippen molar-refractivity contribution in [2.24, 2.45) is 0 Å². The third-order valence-corrected chi connectivity index (χ3v) is 7.84. The molecule has 0 spiro atoms. The smallest absolute Gasteiger partial charge is 0.264 e. The van der Waals surface area contributed by atoms with Gasteiger partial charge in [-0.1, -0.05) is 19.4 Å². The van der Waals surface area contributed by atoms with Gasteiger partial charge in [-0.2, -0.15) is 0 Å². The highest BCUT2D eigenvalue weighted by molar-refractivity contribution is 7.91. The fourth-order valence-electron chi connectivity index (χ4n) is 3.55. The van der Waals surface area contributed by atoms with E-state index in [1.54, 1.807) is 17.0 Å². The molecule has 0 bridgehead atoms. The summed E-state index contributed by atoms with van der Waals surface area (Å²) in [7, 11) is -1.60. The number of nitrogens with zero attached hydrogens (tertiary/aromatic N) is 1. The Balaban J connectivity index is 2.03. The van der Waals surface area contributed by atoms with Crippen LogP contribution in [0.4, 0.5) is 4.39 Å². The Kier molecular flexibility index (Phi) is 6.18. The molecule has 148 valence electrons. The number of hydrogen-bond acceptors (Lipinski definition) is 5. The summed E-state index contributed by atoms with van der Waals surface area (Å²) < 4.78 is 44.2. The minimum absolute atomic E-state index is 0.00131. The van der Waals surface area contributed by atoms with Crippen molar-refractivity contribution in [2.75, 3.05) is 25.2 Å². The molecule has 1 atom stereocenters. The highest BCUT2D eigenvalue weighted by Crippen LogP contribution is 2.35. The molecule has 5 nitrogen and oxygen atoms in total. The lowest BCUT2D eigenvalue weighted by molar-refractivity contribution is 0.0695. The molecule has 1 saturated heterocycles. The van der Waals surface area contributed by atoms with Gasteiger partial charge in [-0.05, 0) is 25.0 Å². The van der Waals surface area contributed by atoms with Crippen molar-refractivity contribution >= 4 is 37.2 Å². The predicted octanol–water partition coefficient (Wildman–Crippen LogP) is 3.62. The number of carbonyl (C=O) groups is 1. The van der Waals surface area contributed by atoms with Gasteiger partial charge >= 0.3 is 0 Å². The summed E-state index contributed by atoms with van der Waals surface area (Å²) >= 11 is 1.25. The van der Waals surface area contributed by atoms with Crippen LogP contribution in [0.25, 0.3) is 10.1 Å². The predicted molar refractivity (Wildman–Crippen MR) is 105 cm³/mol. The molecular weight excluding hydrogens is 389 g/mol. The number of halogens is 1. The topological polar surface area (TPSA) is 63.7 Å². The van der Waals surface area contributed by atoms with Crippen LogP contribution in [0, 0.1) is 5.82 Å². The molecule has 0 saturated carbocycles. The zero-order valence-corrected chi connectivity index (χ0v) is 17.2. The van der Waals surface area contributed by atoms with Crippen LogP contribution in [0.3, 0.4) is 0 Å². The number of sulfone groups is 1. The minimum atomic E-state index is -3.11. The lowest BCUT2D eigenvalue weighted by atomic mass is 10.1. The van der Waals surface area contributed by atoms with Crippen LogP contribution in [0.2, 0.25) is 0 Å². The molecular formula is C19H24FNO4S2. The highest BCUT2D eigenvalue weighted by atomic mass is 32.2. The molecule has 2 aromatic rings. The highest BCUT2D eigenvalue weighted by Gasteiger charge is 2.36. The SMILES string of the molecule is CCCCN(C(=O)c1sc2cccc(F)c2c1COC)C1CCS(=O)(=O)C1. The summed E-state index contributed by atoms with van der Waals surface area (Å²) in [5.74, 6) is -0.488. The van der Waals surface area contributed by atoms with E-state index in [-0.39, 0.29) is 35.9 Å². The van der Waals surface area contributed by atoms with E-state index < -0.39 is 9.84 Å². The summed E-state index contributed by atoms with van der Waals surface area (Å²) in [4.78, 5) is 15.5. The van der Waals surface area contributed by atoms with E-state index in [2.05, 4.69) is 0 Å². The molecule has 1 aliphatic rings. The van der Waals surface area contributed by atoms with Crippen LogP contribution in [-0.4, -0.2) is 50.4 Å². The van der Waals surface area contributed by atoms with Crippen molar-refractivity contribution in [3.8, 4) is 0 Å². The summed E-state index contributed by atoms with van der Waals surface area (Å²) in [6, 6.07) is 4.47. The van der Waals surface area contributed by atoms with Gasteiger partial charge < -0.3 is 9.64 Å². The molecule has 1 aromatic carbocycles. The summed E-state index contributed by atoms with van der Waals surface area (Å²) in [6.45, 7) is 2.66. The minimum Gasteiger partial charge on any atom is -0.380 e. The van der Waals surface area contributed by atoms with Crippen LogP contribution in [0.1, 0.15) is 41.4 Å². The lowest BCUT2D eigenvalue weighted by Gasteiger charge is -2.28. The zero-order chi connectivity index (χ0) is 19.6. The Morgan fingerprint density at radius 2 is 2.19 bits per heavy atom. The number of amides is 1. The average molecular weight is 414 g/mol. The van der Waals surface area contributed by atoms with Crippen molar-refractivity contribution in [2.45, 2.75) is 38.8 Å². The Labute approximate surface area is 163 Å². The number of unbranched alkanes of at least 4 members (excludes halogenated alkanes) is 1. The molecule has 0 N–H and O–H groups in total. The molecule has 1 aliphatic heterocycles. The van der Waals surface area contributed by atoms with Gasteiger partial charge in [0.1, 0.15) is 5.82 Å². The molecule has 1 aromatic heterocycles. The maximum atomic E-state index is 14.4. The normalized spacial score (nSPS) is 18.9. The van der Waals surface area contributed by atoms with Crippen LogP contribution >= 0.6 is 11.3 Å². The van der Waals surface area contributed by atoms with E-state index in [1.165, 1.54) is 24.5 Å². The Bertz CT molecular complexity index is 939. The molecule has 1 fully saturated rings. The second-order valence-electron chi connectivity index (χ2n) is 6.86. The quantitative estimate of drug-likeness (QED) is 0.696. The number of benzene rings is 1. The second kappa shape index (κ2) is 8.24. The number of fused-ring (bicyclic) bond motifs is 1. The first-order valence-electron chi connectivity index (χ1n) is 9.08. The Morgan fingerprint density at radius 1 is 1.41 bits per heavy atom. The second-order valence-corrected chi connectivity index (χ2v) is 10.1. The van der Waals surface area contributed by atoms with Gasteiger partial charge in [0.2, 0.25) is 0 Å². The van der Waals surface area contributed by atoms with Gasteiger partial charge in [-0.3, -0.25) is 4.79 Å². The maximum absolute atomic E-state index is 14.4. The number of rotatable bonds is 7. The summed E-state index contributed by atoms with van der Waals surface area (Å²) in [5.41, 5.74) is 0.544. The van der Waals surface area contributed by atoms with Crippen LogP contribution in [-0.2, 0) is 21.2 Å². The number of ether oxygens (including phenoxy) is 1. The maximum Gasteiger partial charge on any atom is 0.264 e. The van der Waals surface area contributed by atoms with E-state index in [1.807, 2.05) is 6.92 Å². The molecule has 8 heteroatoms. The van der Waals surface area contributed by atoms with Crippen molar-refractivity contribution in [1.29, 1.82) is 0 Å². The summed E-state index contributed by atoms with van der Waals surface area (Å²) in [5, 5.41) is 0.419. The number of carbonyl (C=O) groups excluding carboxylic acids is 1. The number of thiophene rings is 1. The van der Waals surface area contributed by atoms with Crippen molar-refractivity contribution in [3.05, 3.63) is 34.5 Å². The van der Waals surface area contributed by atoms with E-state index in [0.29, 0.717) is 33.5 Å². The molecule has 3 rings (SSSR count). The standard InChI is InChI=1S/C19H24FNO4S2/c1-3-4-9-21(13-8-10-27(23,24)12-13)19(22)18-14(11-25-2)17-15(20)6-5-7-16(17)26-18/h5-7,13H,3-4,8-12H2,1-2H3. The third-order valence-electron chi connectivity index (χ3n) is 4.91. The van der Waals surface area contributed by atoms with Gasteiger partial charge in [-0.15, -0.1) is 11.3 Å². The Hall–Kier alpha value is -1.51. The lowest BCUT2D eigenvalue weighted by Crippen LogP contribution is -2.41. The van der Waals surface area contributed by atoms with E-state index >= 15 is 0 Å². The third kappa shape index (κ3) is 4.17. The Morgan fingerprint density at radius 3 is 2.81 bits per heavy atom. The van der Waals surface area contributed by atoms with Crippen molar-refractivity contribution < 1.29 is 22.3 Å². The molecule has 0 radical (unpaired) electrons. The fraction of sp³-hybridized carbons (Fsp3) is 0.526. The molecule has 2 heterocycles. The monoisotopic (exact) mass is 413 g/mol. The molecule has 1 amide bonds. The largest absolute Gasteiger partial charge is 0.380 e. The van der Waals surface area contributed by atoms with Gasteiger partial charge in [-0.25, -0.2) is 12.8 Å². The van der Waals surface area contributed by atoms with Gasteiger partial charge in [0.25, 0.3) is 5.91 Å². The average Bonchev–Trinajstić information content (AvgIpc) is 3.17. The van der Waals surface area contributed by atoms with Gasteiger partial charge in [0, 0.05) is 35.3 Å². The van der Waals surface area contributed by atoms with E-state index in [9.17, 15) is 17.6 Å². The number of hydrogen-bond donors (Lipinski definition) is 0. The van der Waals surface area contributed by atoms with Crippen LogP contribution in [0.5, 0.6) is 0 Å². The summed E-state index contributed by atoms with van der Waals surface area (Å²) in [6.07, 6.45) is 2.15. The zero-order valence-electron chi connectivity index (χ0n) is 15.5. The van der Waals surface area contributed by atoms with Gasteiger partial charge in [0.05, 0.1) is 23.0 Å². The molecule has 1 unspecified atom stereocenters. The molecule has 0 aliphatic carbocycles. The van der Waals surface area contributed by atoms with Crippen LogP contribution < -0.4 is 0 Å². The van der Waals surface area contributed by atoms with Crippen molar-refractivity contribution in [3.63, 3.8) is 0 Å². The first-order valence-corrected chi connectivity index (χ1v) is 11.7. The van der Waals surface area contributed by atoms with Crippen LogP contribution in [0.15, 0.2) is 18.2 Å². The van der Waals surface area contributed by atoms with Gasteiger partial charge in [0.15, 0.2) is 9.84 Å². The fourth-order valence-corrected chi connectivity index (χ4v) is 6.46. The first kappa shape index (κ1) is 20.2. The van der Waals surface area contributed by atoms with E-state index in [4.69, 9.17) is 4.74 Å². The van der Waals surface area contributed by atoms with E-state index in [0.717, 1.165) is 12.8 Å². The number of methoxy groups -OCH3 is 1.